The predicted molar refractivity (Wildman–Crippen MR) is 59.2 cm³/mol. The van der Waals surface area contributed by atoms with Gasteiger partial charge in [0.1, 0.15) is 0 Å². The van der Waals surface area contributed by atoms with Crippen LogP contribution in [0.15, 0.2) is 12.4 Å². The monoisotopic (exact) mass is 209 g/mol. The average molecular weight is 209 g/mol. The molecule has 0 spiro atoms. The Kier molecular flexibility index (Phi) is 3.61. The van der Waals surface area contributed by atoms with Crippen LogP contribution in [0, 0.1) is 0 Å². The van der Waals surface area contributed by atoms with Crippen LogP contribution >= 0.6 is 0 Å². The fourth-order valence-electron chi connectivity index (χ4n) is 1.99. The van der Waals surface area contributed by atoms with Crippen LogP contribution in [-0.4, -0.2) is 29.5 Å². The van der Waals surface area contributed by atoms with Crippen LogP contribution in [0.25, 0.3) is 0 Å². The van der Waals surface area contributed by atoms with Gasteiger partial charge in [0.2, 0.25) is 0 Å². The second-order valence-electron chi connectivity index (χ2n) is 3.94. The van der Waals surface area contributed by atoms with Gasteiger partial charge in [-0.1, -0.05) is 6.42 Å². The van der Waals surface area contributed by atoms with Gasteiger partial charge in [0.15, 0.2) is 5.75 Å². The van der Waals surface area contributed by atoms with Crippen molar-refractivity contribution in [3.63, 3.8) is 0 Å². The van der Waals surface area contributed by atoms with Crippen molar-refractivity contribution >= 4 is 0 Å². The molecule has 1 aliphatic heterocycles. The summed E-state index contributed by atoms with van der Waals surface area (Å²) in [4.78, 5) is 0. The summed E-state index contributed by atoms with van der Waals surface area (Å²) in [6.07, 6.45) is 7.56. The van der Waals surface area contributed by atoms with Gasteiger partial charge < -0.3 is 10.1 Å². The maximum absolute atomic E-state index is 5.40. The van der Waals surface area contributed by atoms with Gasteiger partial charge in [0, 0.05) is 6.54 Å². The summed E-state index contributed by atoms with van der Waals surface area (Å²) in [5.74, 6) is 0.877. The molecular weight excluding hydrogens is 190 g/mol. The van der Waals surface area contributed by atoms with E-state index in [4.69, 9.17) is 4.74 Å². The lowest BCUT2D eigenvalue weighted by Gasteiger charge is -2.14. The fourth-order valence-corrected chi connectivity index (χ4v) is 1.99. The lowest BCUT2D eigenvalue weighted by molar-refractivity contribution is 0.338. The van der Waals surface area contributed by atoms with E-state index >= 15 is 0 Å². The topological polar surface area (TPSA) is 39.1 Å². The van der Waals surface area contributed by atoms with Gasteiger partial charge in [-0.25, -0.2) is 0 Å². The van der Waals surface area contributed by atoms with Crippen molar-refractivity contribution in [2.45, 2.75) is 32.2 Å². The Morgan fingerprint density at radius 2 is 2.53 bits per heavy atom. The number of hydrogen-bond donors (Lipinski definition) is 1. The molecule has 0 saturated carbocycles. The van der Waals surface area contributed by atoms with E-state index in [2.05, 4.69) is 10.4 Å². The number of rotatable bonds is 3. The van der Waals surface area contributed by atoms with Gasteiger partial charge in [0.25, 0.3) is 0 Å². The molecule has 1 aromatic rings. The van der Waals surface area contributed by atoms with Gasteiger partial charge >= 0.3 is 0 Å². The van der Waals surface area contributed by atoms with E-state index in [9.17, 15) is 0 Å². The van der Waals surface area contributed by atoms with Gasteiger partial charge in [-0.15, -0.1) is 0 Å². The largest absolute Gasteiger partial charge is 0.491 e. The summed E-state index contributed by atoms with van der Waals surface area (Å²) in [6, 6.07) is 0.488. The smallest absolute Gasteiger partial charge is 0.157 e. The van der Waals surface area contributed by atoms with Crippen molar-refractivity contribution in [3.8, 4) is 5.75 Å². The number of ether oxygens (including phenoxy) is 1. The van der Waals surface area contributed by atoms with Crippen molar-refractivity contribution in [3.05, 3.63) is 12.4 Å². The second-order valence-corrected chi connectivity index (χ2v) is 3.94. The summed E-state index contributed by atoms with van der Waals surface area (Å²) in [5.41, 5.74) is 0. The van der Waals surface area contributed by atoms with Gasteiger partial charge in [-0.3, -0.25) is 4.68 Å². The van der Waals surface area contributed by atoms with Crippen molar-refractivity contribution in [1.29, 1.82) is 0 Å². The molecule has 1 N–H and O–H groups in total. The predicted octanol–water partition coefficient (Wildman–Crippen LogP) is 1.60. The molecule has 1 unspecified atom stereocenters. The van der Waals surface area contributed by atoms with E-state index in [1.807, 2.05) is 17.8 Å². The number of nitrogens with zero attached hydrogens (tertiary/aromatic N) is 2. The first-order chi connectivity index (χ1) is 7.40. The van der Waals surface area contributed by atoms with Crippen molar-refractivity contribution in [2.24, 2.45) is 0 Å². The highest BCUT2D eigenvalue weighted by Gasteiger charge is 2.14. The Morgan fingerprint density at radius 1 is 1.60 bits per heavy atom. The van der Waals surface area contributed by atoms with Crippen LogP contribution in [0.3, 0.4) is 0 Å². The molecule has 0 aliphatic carbocycles. The Balaban J connectivity index is 2.00. The second kappa shape index (κ2) is 5.16. The Labute approximate surface area is 90.6 Å². The molecule has 1 aliphatic rings. The number of nitrogens with one attached hydrogen (secondary N) is 1. The van der Waals surface area contributed by atoms with E-state index in [-0.39, 0.29) is 0 Å². The van der Waals surface area contributed by atoms with E-state index in [0.717, 1.165) is 18.8 Å². The van der Waals surface area contributed by atoms with Crippen molar-refractivity contribution < 1.29 is 4.74 Å². The van der Waals surface area contributed by atoms with Crippen LogP contribution in [0.4, 0.5) is 0 Å². The van der Waals surface area contributed by atoms with E-state index in [0.29, 0.717) is 12.6 Å². The molecule has 1 fully saturated rings. The lowest BCUT2D eigenvalue weighted by Crippen LogP contribution is -2.23. The van der Waals surface area contributed by atoms with Gasteiger partial charge in [-0.2, -0.15) is 5.10 Å². The molecule has 1 aromatic heterocycles. The molecule has 0 bridgehead atoms. The molecule has 84 valence electrons. The summed E-state index contributed by atoms with van der Waals surface area (Å²) in [7, 11) is 0. The molecule has 1 saturated heterocycles. The molecule has 0 aromatic carbocycles. The van der Waals surface area contributed by atoms with E-state index in [1.54, 1.807) is 6.20 Å². The Morgan fingerprint density at radius 3 is 3.40 bits per heavy atom. The molecular formula is C11H19N3O. The highest BCUT2D eigenvalue weighted by Crippen LogP contribution is 2.19. The van der Waals surface area contributed by atoms with Crippen LogP contribution in [-0.2, 0) is 0 Å². The minimum absolute atomic E-state index is 0.488. The van der Waals surface area contributed by atoms with Crippen molar-refractivity contribution in [2.75, 3.05) is 19.7 Å². The fraction of sp³-hybridized carbons (Fsp3) is 0.727. The van der Waals surface area contributed by atoms with Crippen molar-refractivity contribution in [1.82, 2.24) is 15.1 Å². The number of hydrogen-bond acceptors (Lipinski definition) is 3. The first-order valence-electron chi connectivity index (χ1n) is 5.78. The maximum atomic E-state index is 5.40. The van der Waals surface area contributed by atoms with E-state index in [1.165, 1.54) is 19.3 Å². The molecule has 0 radical (unpaired) electrons. The molecule has 15 heavy (non-hydrogen) atoms. The zero-order valence-corrected chi connectivity index (χ0v) is 9.28. The third kappa shape index (κ3) is 2.72. The summed E-state index contributed by atoms with van der Waals surface area (Å²) >= 11 is 0. The molecule has 1 atom stereocenters. The molecule has 4 heteroatoms. The number of aromatic nitrogens is 2. The third-order valence-corrected chi connectivity index (χ3v) is 2.78. The van der Waals surface area contributed by atoms with Gasteiger partial charge in [0.05, 0.1) is 25.0 Å². The minimum Gasteiger partial charge on any atom is -0.491 e. The Bertz CT molecular complexity index is 290. The third-order valence-electron chi connectivity index (χ3n) is 2.78. The zero-order valence-electron chi connectivity index (χ0n) is 9.28. The summed E-state index contributed by atoms with van der Waals surface area (Å²) < 4.78 is 7.44. The minimum atomic E-state index is 0.488. The first kappa shape index (κ1) is 10.5. The molecule has 0 amide bonds. The van der Waals surface area contributed by atoms with Crippen LogP contribution in [0.1, 0.15) is 32.2 Å². The summed E-state index contributed by atoms with van der Waals surface area (Å²) in [5, 5.41) is 7.79. The lowest BCUT2D eigenvalue weighted by atomic mass is 10.1. The van der Waals surface area contributed by atoms with Crippen LogP contribution < -0.4 is 10.1 Å². The highest BCUT2D eigenvalue weighted by atomic mass is 16.5. The molecule has 2 rings (SSSR count). The molecule has 2 heterocycles. The zero-order chi connectivity index (χ0) is 10.5. The van der Waals surface area contributed by atoms with E-state index < -0.39 is 0 Å². The average Bonchev–Trinajstić information content (AvgIpc) is 2.53. The SMILES string of the molecule is CCOc1cnn(C2CCCCNC2)c1. The normalized spacial score (nSPS) is 22.3. The highest BCUT2D eigenvalue weighted by molar-refractivity contribution is 5.12. The van der Waals surface area contributed by atoms with Crippen LogP contribution in [0.2, 0.25) is 0 Å². The quantitative estimate of drug-likeness (QED) is 0.821. The van der Waals surface area contributed by atoms with Gasteiger partial charge in [-0.05, 0) is 26.3 Å². The molecule has 4 nitrogen and oxygen atoms in total. The Hall–Kier alpha value is -1.03. The first-order valence-corrected chi connectivity index (χ1v) is 5.78. The maximum Gasteiger partial charge on any atom is 0.157 e. The standard InChI is InChI=1S/C11H19N3O/c1-2-15-11-8-13-14(9-11)10-5-3-4-6-12-7-10/h8-10,12H,2-7H2,1H3. The van der Waals surface area contributed by atoms with Crippen LogP contribution in [0.5, 0.6) is 5.75 Å². The summed E-state index contributed by atoms with van der Waals surface area (Å²) in [6.45, 7) is 4.85.